The van der Waals surface area contributed by atoms with Gasteiger partial charge >= 0.3 is 0 Å². The normalized spacial score (nSPS) is 10.6. The molecule has 3 amide bonds. The van der Waals surface area contributed by atoms with Gasteiger partial charge in [-0.3, -0.25) is 14.4 Å². The number of aryl methyl sites for hydroxylation is 2. The zero-order valence-electron chi connectivity index (χ0n) is 20.2. The maximum absolute atomic E-state index is 12.7. The summed E-state index contributed by atoms with van der Waals surface area (Å²) in [5.74, 6) is -0.266. The van der Waals surface area contributed by atoms with E-state index < -0.39 is 5.91 Å². The summed E-state index contributed by atoms with van der Waals surface area (Å²) in [5.41, 5.74) is 13.5. The summed E-state index contributed by atoms with van der Waals surface area (Å²) in [6.45, 7) is 7.50. The Morgan fingerprint density at radius 1 is 1.03 bits per heavy atom. The second kappa shape index (κ2) is 12.4. The van der Waals surface area contributed by atoms with E-state index in [1.54, 1.807) is 6.07 Å². The zero-order valence-corrected chi connectivity index (χ0v) is 21.7. The number of halogens is 2. The van der Waals surface area contributed by atoms with Crippen molar-refractivity contribution in [2.45, 2.75) is 40.4 Å². The van der Waals surface area contributed by atoms with E-state index in [1.165, 1.54) is 6.92 Å². The summed E-state index contributed by atoms with van der Waals surface area (Å²) in [5, 5.41) is 8.15. The molecule has 0 radical (unpaired) electrons. The summed E-state index contributed by atoms with van der Waals surface area (Å²) in [4.78, 5) is 44.1. The third kappa shape index (κ3) is 6.13. The smallest absolute Gasteiger partial charge is 0.277 e. The van der Waals surface area contributed by atoms with E-state index in [2.05, 4.69) is 30.5 Å². The molecule has 0 atom stereocenters. The Balaban J connectivity index is 0.00000456. The molecule has 0 saturated carbocycles. The molecule has 0 spiro atoms. The molecule has 12 nitrogen and oxygen atoms in total. The number of rotatable bonds is 9. The van der Waals surface area contributed by atoms with Crippen LogP contribution in [0.15, 0.2) is 18.2 Å². The van der Waals surface area contributed by atoms with Crippen LogP contribution in [0.3, 0.4) is 0 Å². The van der Waals surface area contributed by atoms with Crippen LogP contribution in [0.1, 0.15) is 47.4 Å². The summed E-state index contributed by atoms with van der Waals surface area (Å²) in [6, 6.07) is 5.44. The number of benzene rings is 1. The fourth-order valence-corrected chi connectivity index (χ4v) is 3.92. The van der Waals surface area contributed by atoms with Crippen molar-refractivity contribution >= 4 is 52.0 Å². The van der Waals surface area contributed by atoms with Gasteiger partial charge in [0.25, 0.3) is 17.6 Å². The Morgan fingerprint density at radius 3 is 2.36 bits per heavy atom. The van der Waals surface area contributed by atoms with Crippen molar-refractivity contribution in [2.24, 2.45) is 0 Å². The molecule has 1 aromatic carbocycles. The van der Waals surface area contributed by atoms with E-state index in [0.717, 1.165) is 16.9 Å². The molecule has 0 fully saturated rings. The van der Waals surface area contributed by atoms with Crippen LogP contribution in [0.4, 0.5) is 11.6 Å². The molecule has 7 N–H and O–H groups in total. The first-order valence-corrected chi connectivity index (χ1v) is 11.5. The Kier molecular flexibility index (Phi) is 9.82. The minimum Gasteiger partial charge on any atom is -1.00 e. The lowest BCUT2D eigenvalue weighted by Gasteiger charge is -2.08. The Bertz CT molecular complexity index is 1290. The van der Waals surface area contributed by atoms with Gasteiger partial charge in [-0.05, 0) is 26.0 Å². The average molecular weight is 538 g/mol. The van der Waals surface area contributed by atoms with Crippen LogP contribution in [0.5, 0.6) is 0 Å². The van der Waals surface area contributed by atoms with Crippen molar-refractivity contribution in [3.63, 3.8) is 0 Å². The van der Waals surface area contributed by atoms with E-state index >= 15 is 0 Å². The van der Waals surface area contributed by atoms with Gasteiger partial charge in [0, 0.05) is 31.6 Å². The van der Waals surface area contributed by atoms with Crippen molar-refractivity contribution in [1.82, 2.24) is 30.5 Å². The van der Waals surface area contributed by atoms with Crippen LogP contribution >= 0.6 is 11.6 Å². The van der Waals surface area contributed by atoms with E-state index in [9.17, 15) is 14.4 Å². The number of carbonyl (C=O) groups excluding carboxylic acids is 3. The minimum atomic E-state index is -0.535. The van der Waals surface area contributed by atoms with Crippen LogP contribution in [0.25, 0.3) is 11.0 Å². The van der Waals surface area contributed by atoms with Crippen LogP contribution in [0.2, 0.25) is 5.15 Å². The average Bonchev–Trinajstić information content (AvgIpc) is 3.13. The first-order valence-electron chi connectivity index (χ1n) is 11.1. The van der Waals surface area contributed by atoms with Crippen LogP contribution < -0.4 is 44.4 Å². The number of anilines is 2. The molecule has 0 aliphatic heterocycles. The Labute approximate surface area is 219 Å². The molecule has 3 rings (SSSR count). The molecule has 14 heteroatoms. The molecule has 0 bridgehead atoms. The number of fused-ring (bicyclic) bond motifs is 1. The maximum atomic E-state index is 12.7. The first-order chi connectivity index (χ1) is 16.7. The quantitative estimate of drug-likeness (QED) is 0.146. The van der Waals surface area contributed by atoms with Gasteiger partial charge in [-0.25, -0.2) is 19.1 Å². The van der Waals surface area contributed by atoms with Gasteiger partial charge in [-0.15, -0.1) is 0 Å². The van der Waals surface area contributed by atoms with E-state index in [1.807, 2.05) is 30.5 Å². The van der Waals surface area contributed by atoms with Gasteiger partial charge < -0.3 is 39.8 Å². The van der Waals surface area contributed by atoms with Gasteiger partial charge in [-0.2, -0.15) is 0 Å². The Hall–Kier alpha value is -3.64. The third-order valence-electron chi connectivity index (χ3n) is 5.39. The summed E-state index contributed by atoms with van der Waals surface area (Å²) < 4.78 is 4.08. The predicted octanol–water partition coefficient (Wildman–Crippen LogP) is -2.62. The zero-order chi connectivity index (χ0) is 25.7. The van der Waals surface area contributed by atoms with Gasteiger partial charge in [0.05, 0.1) is 13.1 Å². The summed E-state index contributed by atoms with van der Waals surface area (Å²) in [6.07, 6.45) is 0. The molecule has 0 aliphatic carbocycles. The molecule has 0 aliphatic rings. The highest BCUT2D eigenvalue weighted by Crippen LogP contribution is 2.19. The highest BCUT2D eigenvalue weighted by atomic mass is 35.5. The van der Waals surface area contributed by atoms with Crippen molar-refractivity contribution in [1.29, 1.82) is 0 Å². The number of amides is 3. The lowest BCUT2D eigenvalue weighted by atomic mass is 10.2. The van der Waals surface area contributed by atoms with Gasteiger partial charge in [0.15, 0.2) is 33.5 Å². The van der Waals surface area contributed by atoms with Crippen molar-refractivity contribution in [2.75, 3.05) is 24.6 Å². The number of nitrogens with zero attached hydrogens (tertiary/aromatic N) is 4. The van der Waals surface area contributed by atoms with Crippen LogP contribution in [0, 0.1) is 0 Å². The SMILES string of the molecule is CCn1c(CNC(=O)c2nc(Cl)c(N)nc2N)[n+](CC)c2ccc(C(=O)NCCNC(C)=O)cc21.[Cl-]. The third-order valence-corrected chi connectivity index (χ3v) is 5.66. The molecule has 194 valence electrons. The van der Waals surface area contributed by atoms with Crippen molar-refractivity contribution in [3.05, 3.63) is 40.4 Å². The van der Waals surface area contributed by atoms with Crippen molar-refractivity contribution in [3.8, 4) is 0 Å². The fraction of sp³-hybridized carbons (Fsp3) is 0.364. The monoisotopic (exact) mass is 537 g/mol. The lowest BCUT2D eigenvalue weighted by molar-refractivity contribution is -0.676. The standard InChI is InChI=1S/C22H28ClN9O3.ClH/c1-4-31-14-7-6-13(21(34)27-9-8-26-12(3)33)10-15(14)32(5-2)16(31)11-28-22(35)17-19(24)30-20(25)18(23)29-17;/h6-7,10H,4-5,8-9,11H2,1-3H3,(H6-,24,25,26,27,28,30,33,34,35);1H. The number of nitrogens with one attached hydrogen (secondary N) is 3. The van der Waals surface area contributed by atoms with E-state index in [0.29, 0.717) is 31.7 Å². The second-order valence-electron chi connectivity index (χ2n) is 7.66. The predicted molar refractivity (Wildman–Crippen MR) is 132 cm³/mol. The van der Waals surface area contributed by atoms with Gasteiger partial charge in [-0.1, -0.05) is 11.6 Å². The van der Waals surface area contributed by atoms with Crippen LogP contribution in [-0.2, 0) is 24.4 Å². The number of nitrogens with two attached hydrogens (primary N) is 2. The summed E-state index contributed by atoms with van der Waals surface area (Å²) >= 11 is 5.90. The number of imidazole rings is 1. The highest BCUT2D eigenvalue weighted by Gasteiger charge is 2.26. The van der Waals surface area contributed by atoms with Gasteiger partial charge in [0.1, 0.15) is 6.54 Å². The summed E-state index contributed by atoms with van der Waals surface area (Å²) in [7, 11) is 0. The molecule has 36 heavy (non-hydrogen) atoms. The van der Waals surface area contributed by atoms with E-state index in [4.69, 9.17) is 23.1 Å². The largest absolute Gasteiger partial charge is 1.00 e. The molecule has 2 aromatic heterocycles. The lowest BCUT2D eigenvalue weighted by Crippen LogP contribution is -3.00. The minimum absolute atomic E-state index is 0. The molecule has 3 aromatic rings. The number of nitrogen functional groups attached to an aromatic ring is 2. The molecular weight excluding hydrogens is 509 g/mol. The molecule has 0 saturated heterocycles. The van der Waals surface area contributed by atoms with Crippen molar-refractivity contribution < 1.29 is 31.4 Å². The van der Waals surface area contributed by atoms with E-state index in [-0.39, 0.29) is 53.2 Å². The Morgan fingerprint density at radius 2 is 1.72 bits per heavy atom. The maximum Gasteiger partial charge on any atom is 0.277 e. The number of hydrogen-bond acceptors (Lipinski definition) is 7. The molecule has 0 unspecified atom stereocenters. The number of carbonyl (C=O) groups is 3. The highest BCUT2D eigenvalue weighted by molar-refractivity contribution is 6.31. The van der Waals surface area contributed by atoms with Crippen LogP contribution in [-0.4, -0.2) is 45.3 Å². The molecular formula is C22H29Cl2N9O3. The van der Waals surface area contributed by atoms with Gasteiger partial charge in [0.2, 0.25) is 5.91 Å². The molecule has 2 heterocycles. The second-order valence-corrected chi connectivity index (χ2v) is 8.02. The topological polar surface area (TPSA) is 174 Å². The number of hydrogen-bond donors (Lipinski definition) is 5. The first kappa shape index (κ1) is 28.6. The number of aromatic nitrogens is 4. The fourth-order valence-electron chi connectivity index (χ4n) is 3.80.